The van der Waals surface area contributed by atoms with E-state index >= 15 is 0 Å². The molecular weight excluding hydrogens is 368 g/mol. The number of piperazine rings is 1. The molecule has 7 nitrogen and oxygen atoms in total. The quantitative estimate of drug-likeness (QED) is 0.557. The fourth-order valence-corrected chi connectivity index (χ4v) is 5.32. The first-order valence-corrected chi connectivity index (χ1v) is 10.3. The Morgan fingerprint density at radius 1 is 1.00 bits per heavy atom. The van der Waals surface area contributed by atoms with Gasteiger partial charge in [-0.25, -0.2) is 0 Å². The van der Waals surface area contributed by atoms with Crippen LogP contribution in [0.25, 0.3) is 0 Å². The highest BCUT2D eigenvalue weighted by Gasteiger charge is 2.60. The third kappa shape index (κ3) is 3.04. The van der Waals surface area contributed by atoms with Gasteiger partial charge in [-0.1, -0.05) is 24.3 Å². The van der Waals surface area contributed by atoms with Crippen molar-refractivity contribution in [2.24, 2.45) is 23.7 Å². The highest BCUT2D eigenvalue weighted by atomic mass is 16.7. The van der Waals surface area contributed by atoms with Crippen LogP contribution in [-0.2, 0) is 14.4 Å². The number of nitrogens with zero attached hydrogens (tertiary/aromatic N) is 4. The van der Waals surface area contributed by atoms with Crippen molar-refractivity contribution in [3.8, 4) is 6.07 Å². The number of carbonyl (C=O) groups excluding carboxylic acids is 2. The lowest BCUT2D eigenvalue weighted by Gasteiger charge is -2.36. The van der Waals surface area contributed by atoms with E-state index in [2.05, 4.69) is 28.0 Å². The third-order valence-corrected chi connectivity index (χ3v) is 6.80. The summed E-state index contributed by atoms with van der Waals surface area (Å²) < 4.78 is 0. The first-order chi connectivity index (χ1) is 14.2. The van der Waals surface area contributed by atoms with Crippen LogP contribution in [0.1, 0.15) is 12.0 Å². The van der Waals surface area contributed by atoms with Gasteiger partial charge in [0.25, 0.3) is 11.8 Å². The van der Waals surface area contributed by atoms with E-state index in [-0.39, 0.29) is 35.5 Å². The van der Waals surface area contributed by atoms with Crippen LogP contribution in [0, 0.1) is 35.0 Å². The number of fused-ring (bicyclic) bond motifs is 5. The molecule has 2 aliphatic carbocycles. The maximum Gasteiger partial charge on any atom is 0.258 e. The van der Waals surface area contributed by atoms with Gasteiger partial charge in [-0.15, -0.1) is 0 Å². The number of carbonyl (C=O) groups is 2. The van der Waals surface area contributed by atoms with Crippen molar-refractivity contribution in [2.75, 3.05) is 44.2 Å². The molecule has 2 unspecified atom stereocenters. The highest BCUT2D eigenvalue weighted by molar-refractivity contribution is 6.05. The van der Waals surface area contributed by atoms with E-state index in [9.17, 15) is 14.9 Å². The number of allylic oxidation sites excluding steroid dienone is 2. The van der Waals surface area contributed by atoms with Crippen LogP contribution in [0.4, 0.5) is 5.69 Å². The molecular formula is C22H24N4O3. The van der Waals surface area contributed by atoms with E-state index in [4.69, 9.17) is 4.84 Å². The number of anilines is 1. The molecule has 2 aliphatic heterocycles. The summed E-state index contributed by atoms with van der Waals surface area (Å²) in [6.45, 7) is 4.37. The summed E-state index contributed by atoms with van der Waals surface area (Å²) in [5, 5.41) is 10.3. The smallest absolute Gasteiger partial charge is 0.258 e. The second-order valence-corrected chi connectivity index (χ2v) is 8.26. The average Bonchev–Trinajstić information content (AvgIpc) is 3.44. The van der Waals surface area contributed by atoms with Gasteiger partial charge in [0, 0.05) is 32.7 Å². The van der Waals surface area contributed by atoms with Crippen LogP contribution in [0.5, 0.6) is 0 Å². The molecule has 1 saturated carbocycles. The molecule has 0 N–H and O–H groups in total. The summed E-state index contributed by atoms with van der Waals surface area (Å²) in [5.41, 5.74) is 1.68. The van der Waals surface area contributed by atoms with Crippen LogP contribution in [0.2, 0.25) is 0 Å². The SMILES string of the molecule is N#Cc1ccccc1N1CCN(CCON2C(=O)C3C(C2=O)[C@H]2C=C[C@@H]3C2)CC1. The molecule has 150 valence electrons. The van der Waals surface area contributed by atoms with Gasteiger partial charge in [0.05, 0.1) is 29.7 Å². The molecule has 0 aromatic heterocycles. The maximum atomic E-state index is 12.6. The minimum atomic E-state index is -0.207. The van der Waals surface area contributed by atoms with Crippen LogP contribution < -0.4 is 4.90 Å². The van der Waals surface area contributed by atoms with E-state index in [1.165, 1.54) is 0 Å². The summed E-state index contributed by atoms with van der Waals surface area (Å²) in [7, 11) is 0. The van der Waals surface area contributed by atoms with Crippen molar-refractivity contribution in [2.45, 2.75) is 6.42 Å². The topological polar surface area (TPSA) is 76.9 Å². The minimum absolute atomic E-state index is 0.158. The van der Waals surface area contributed by atoms with Gasteiger partial charge in [-0.2, -0.15) is 10.3 Å². The van der Waals surface area contributed by atoms with Crippen LogP contribution >= 0.6 is 0 Å². The molecule has 2 bridgehead atoms. The fraction of sp³-hybridized carbons (Fsp3) is 0.500. The second kappa shape index (κ2) is 7.29. The summed E-state index contributed by atoms with van der Waals surface area (Å²) in [5.74, 6) is -0.314. The van der Waals surface area contributed by atoms with Crippen LogP contribution in [0.3, 0.4) is 0 Å². The molecule has 2 amide bonds. The Morgan fingerprint density at radius 3 is 2.31 bits per heavy atom. The summed E-state index contributed by atoms with van der Waals surface area (Å²) >= 11 is 0. The number of amides is 2. The van der Waals surface area contributed by atoms with Crippen molar-refractivity contribution < 1.29 is 14.4 Å². The monoisotopic (exact) mass is 392 g/mol. The number of hydroxylamine groups is 2. The molecule has 1 aromatic carbocycles. The molecule has 3 fully saturated rings. The van der Waals surface area contributed by atoms with Crippen molar-refractivity contribution in [1.82, 2.24) is 9.96 Å². The highest BCUT2D eigenvalue weighted by Crippen LogP contribution is 2.52. The van der Waals surface area contributed by atoms with Crippen molar-refractivity contribution in [1.29, 1.82) is 5.26 Å². The number of rotatable bonds is 5. The standard InChI is InChI=1S/C22H24N4O3/c23-14-17-3-1-2-4-18(17)25-9-7-24(8-10-25)11-12-29-26-21(27)19-15-5-6-16(13-15)20(19)22(26)28/h1-6,15-16,19-20H,7-13H2/t15-,16+,19?,20?. The van der Waals surface area contributed by atoms with Crippen LogP contribution in [-0.4, -0.2) is 61.1 Å². The molecule has 2 heterocycles. The Labute approximate surface area is 170 Å². The van der Waals surface area contributed by atoms with Crippen molar-refractivity contribution in [3.05, 3.63) is 42.0 Å². The lowest BCUT2D eigenvalue weighted by atomic mass is 9.85. The second-order valence-electron chi connectivity index (χ2n) is 8.26. The van der Waals surface area contributed by atoms with E-state index in [0.717, 1.165) is 43.4 Å². The number of nitriles is 1. The molecule has 29 heavy (non-hydrogen) atoms. The molecule has 5 rings (SSSR count). The summed E-state index contributed by atoms with van der Waals surface area (Å²) in [4.78, 5) is 35.4. The average molecular weight is 392 g/mol. The van der Waals surface area contributed by atoms with Gasteiger partial charge in [0.15, 0.2) is 0 Å². The summed E-state index contributed by atoms with van der Waals surface area (Å²) in [6.07, 6.45) is 5.11. The number of hydrogen-bond acceptors (Lipinski definition) is 6. The third-order valence-electron chi connectivity index (χ3n) is 6.80. The Hall–Kier alpha value is -2.69. The zero-order chi connectivity index (χ0) is 20.0. The normalized spacial score (nSPS) is 30.9. The molecule has 1 aromatic rings. The first kappa shape index (κ1) is 18.3. The number of benzene rings is 1. The fourth-order valence-electron chi connectivity index (χ4n) is 5.32. The Morgan fingerprint density at radius 2 is 1.66 bits per heavy atom. The lowest BCUT2D eigenvalue weighted by Crippen LogP contribution is -2.48. The zero-order valence-corrected chi connectivity index (χ0v) is 16.2. The van der Waals surface area contributed by atoms with Gasteiger partial charge in [-0.3, -0.25) is 19.3 Å². The number of hydrogen-bond donors (Lipinski definition) is 0. The van der Waals surface area contributed by atoms with Gasteiger partial charge in [0.1, 0.15) is 6.07 Å². The molecule has 0 spiro atoms. The molecule has 4 aliphatic rings. The Bertz CT molecular complexity index is 870. The predicted molar refractivity (Wildman–Crippen MR) is 105 cm³/mol. The van der Waals surface area contributed by atoms with Crippen molar-refractivity contribution in [3.63, 3.8) is 0 Å². The Balaban J connectivity index is 1.11. The summed E-state index contributed by atoms with van der Waals surface area (Å²) in [6, 6.07) is 9.92. The van der Waals surface area contributed by atoms with Gasteiger partial charge in [0.2, 0.25) is 0 Å². The van der Waals surface area contributed by atoms with Gasteiger partial charge < -0.3 is 4.90 Å². The molecule has 7 heteroatoms. The minimum Gasteiger partial charge on any atom is -0.368 e. The van der Waals surface area contributed by atoms with E-state index < -0.39 is 0 Å². The molecule has 4 atom stereocenters. The van der Waals surface area contributed by atoms with Crippen molar-refractivity contribution >= 4 is 17.5 Å². The number of imide groups is 1. The van der Waals surface area contributed by atoms with E-state index in [0.29, 0.717) is 18.7 Å². The first-order valence-electron chi connectivity index (χ1n) is 10.3. The van der Waals surface area contributed by atoms with Crippen LogP contribution in [0.15, 0.2) is 36.4 Å². The zero-order valence-electron chi connectivity index (χ0n) is 16.2. The van der Waals surface area contributed by atoms with Gasteiger partial charge in [-0.05, 0) is 30.4 Å². The molecule has 2 saturated heterocycles. The Kier molecular flexibility index (Phi) is 4.61. The van der Waals surface area contributed by atoms with E-state index in [1.54, 1.807) is 0 Å². The predicted octanol–water partition coefficient (Wildman–Crippen LogP) is 1.42. The number of para-hydroxylation sites is 1. The largest absolute Gasteiger partial charge is 0.368 e. The lowest BCUT2D eigenvalue weighted by molar-refractivity contribution is -0.191. The van der Waals surface area contributed by atoms with Gasteiger partial charge >= 0.3 is 0 Å². The maximum absolute atomic E-state index is 12.6. The van der Waals surface area contributed by atoms with E-state index in [1.807, 2.05) is 24.3 Å². The molecule has 0 radical (unpaired) electrons.